The van der Waals surface area contributed by atoms with Crippen molar-refractivity contribution in [1.82, 2.24) is 9.97 Å². The highest BCUT2D eigenvalue weighted by Gasteiger charge is 2.08. The Morgan fingerprint density at radius 3 is 2.94 bits per heavy atom. The van der Waals surface area contributed by atoms with Crippen LogP contribution in [0.3, 0.4) is 0 Å². The van der Waals surface area contributed by atoms with Gasteiger partial charge in [-0.1, -0.05) is 0 Å². The first-order valence-electron chi connectivity index (χ1n) is 5.12. The summed E-state index contributed by atoms with van der Waals surface area (Å²) >= 11 is 0. The van der Waals surface area contributed by atoms with Gasteiger partial charge in [-0.2, -0.15) is 0 Å². The number of nitrogens with zero attached hydrogens (tertiary/aromatic N) is 2. The Morgan fingerprint density at radius 1 is 1.39 bits per heavy atom. The van der Waals surface area contributed by atoms with Crippen LogP contribution in [-0.2, 0) is 4.74 Å². The number of carbonyl (C=O) groups is 1. The molecule has 2 aromatic rings. The van der Waals surface area contributed by atoms with Crippen molar-refractivity contribution in [3.05, 3.63) is 42.4 Å². The first-order valence-corrected chi connectivity index (χ1v) is 5.12. The number of hydrogen-bond acceptors (Lipinski definition) is 6. The lowest BCUT2D eigenvalue weighted by Gasteiger charge is -2.07. The fraction of sp³-hybridized carbons (Fsp3) is 0.0833. The highest BCUT2D eigenvalue weighted by atomic mass is 16.5. The van der Waals surface area contributed by atoms with E-state index in [9.17, 15) is 4.79 Å². The maximum atomic E-state index is 11.3. The van der Waals surface area contributed by atoms with Gasteiger partial charge in [-0.3, -0.25) is 4.98 Å². The van der Waals surface area contributed by atoms with Gasteiger partial charge in [-0.15, -0.1) is 0 Å². The summed E-state index contributed by atoms with van der Waals surface area (Å²) in [6.07, 6.45) is 4.43. The largest absolute Gasteiger partial charge is 0.465 e. The molecule has 2 heterocycles. The summed E-state index contributed by atoms with van der Waals surface area (Å²) in [7, 11) is 1.30. The molecule has 0 aliphatic rings. The molecule has 6 nitrogen and oxygen atoms in total. The molecule has 0 fully saturated rings. The lowest BCUT2D eigenvalue weighted by molar-refractivity contribution is 0.0600. The molecule has 0 atom stereocenters. The van der Waals surface area contributed by atoms with Crippen molar-refractivity contribution < 1.29 is 14.3 Å². The van der Waals surface area contributed by atoms with Crippen LogP contribution in [0.2, 0.25) is 0 Å². The van der Waals surface area contributed by atoms with Crippen molar-refractivity contribution in [2.45, 2.75) is 0 Å². The zero-order chi connectivity index (χ0) is 13.0. The van der Waals surface area contributed by atoms with Gasteiger partial charge >= 0.3 is 5.97 Å². The number of pyridine rings is 2. The number of ether oxygens (including phenoxy) is 2. The lowest BCUT2D eigenvalue weighted by Crippen LogP contribution is -2.02. The van der Waals surface area contributed by atoms with E-state index in [0.717, 1.165) is 0 Å². The summed E-state index contributed by atoms with van der Waals surface area (Å²) in [4.78, 5) is 19.1. The molecule has 0 bridgehead atoms. The van der Waals surface area contributed by atoms with Crippen molar-refractivity contribution >= 4 is 11.8 Å². The van der Waals surface area contributed by atoms with Gasteiger partial charge in [0.15, 0.2) is 11.6 Å². The smallest absolute Gasteiger partial charge is 0.339 e. The monoisotopic (exact) mass is 245 g/mol. The molecule has 0 saturated carbocycles. The van der Waals surface area contributed by atoms with Crippen LogP contribution < -0.4 is 10.5 Å². The zero-order valence-electron chi connectivity index (χ0n) is 9.66. The molecule has 2 aromatic heterocycles. The summed E-state index contributed by atoms with van der Waals surface area (Å²) < 4.78 is 10.1. The third kappa shape index (κ3) is 2.54. The van der Waals surface area contributed by atoms with Gasteiger partial charge < -0.3 is 15.2 Å². The summed E-state index contributed by atoms with van der Waals surface area (Å²) in [5.41, 5.74) is 5.95. The number of nitrogen functional groups attached to an aromatic ring is 1. The van der Waals surface area contributed by atoms with Gasteiger partial charge in [0.2, 0.25) is 0 Å². The van der Waals surface area contributed by atoms with Gasteiger partial charge in [0.1, 0.15) is 5.75 Å². The van der Waals surface area contributed by atoms with Gasteiger partial charge in [-0.05, 0) is 18.2 Å². The Bertz CT molecular complexity index is 572. The molecule has 0 amide bonds. The van der Waals surface area contributed by atoms with Crippen LogP contribution in [0, 0.1) is 0 Å². The van der Waals surface area contributed by atoms with E-state index in [1.54, 1.807) is 18.3 Å². The molecule has 0 aliphatic carbocycles. The average molecular weight is 245 g/mol. The molecular formula is C12H11N3O3. The number of esters is 1. The van der Waals surface area contributed by atoms with Crippen LogP contribution >= 0.6 is 0 Å². The van der Waals surface area contributed by atoms with Crippen molar-refractivity contribution in [2.24, 2.45) is 0 Å². The van der Waals surface area contributed by atoms with Gasteiger partial charge in [0.25, 0.3) is 0 Å². The van der Waals surface area contributed by atoms with E-state index >= 15 is 0 Å². The molecule has 0 saturated heterocycles. The highest BCUT2D eigenvalue weighted by molar-refractivity contribution is 5.89. The van der Waals surface area contributed by atoms with Crippen LogP contribution in [0.4, 0.5) is 5.82 Å². The van der Waals surface area contributed by atoms with E-state index in [-0.39, 0.29) is 5.82 Å². The number of rotatable bonds is 3. The van der Waals surface area contributed by atoms with Gasteiger partial charge in [0.05, 0.1) is 18.9 Å². The predicted octanol–water partition coefficient (Wildman–Crippen LogP) is 1.64. The number of hydrogen-bond donors (Lipinski definition) is 1. The first kappa shape index (κ1) is 11.8. The molecule has 0 spiro atoms. The number of aromatic nitrogens is 2. The first-order chi connectivity index (χ1) is 8.70. The third-order valence-corrected chi connectivity index (χ3v) is 2.16. The van der Waals surface area contributed by atoms with Crippen molar-refractivity contribution in [1.29, 1.82) is 0 Å². The summed E-state index contributed by atoms with van der Waals surface area (Å²) in [6, 6.07) is 4.89. The van der Waals surface area contributed by atoms with E-state index in [1.807, 2.05) is 0 Å². The van der Waals surface area contributed by atoms with Gasteiger partial charge in [-0.25, -0.2) is 9.78 Å². The normalized spacial score (nSPS) is 9.83. The Morgan fingerprint density at radius 2 is 2.22 bits per heavy atom. The minimum absolute atomic E-state index is 0.265. The maximum Gasteiger partial charge on any atom is 0.339 e. The molecular weight excluding hydrogens is 234 g/mol. The molecule has 0 aromatic carbocycles. The van der Waals surface area contributed by atoms with Crippen molar-refractivity contribution in [3.8, 4) is 11.5 Å². The second-order valence-corrected chi connectivity index (χ2v) is 3.39. The summed E-state index contributed by atoms with van der Waals surface area (Å²) in [5.74, 6) is 0.576. The van der Waals surface area contributed by atoms with Crippen molar-refractivity contribution in [3.63, 3.8) is 0 Å². The Balaban J connectivity index is 2.25. The molecule has 2 rings (SSSR count). The molecule has 6 heteroatoms. The van der Waals surface area contributed by atoms with Crippen LogP contribution in [0.5, 0.6) is 11.5 Å². The molecule has 0 aliphatic heterocycles. The van der Waals surface area contributed by atoms with Crippen LogP contribution in [0.15, 0.2) is 36.8 Å². The highest BCUT2D eigenvalue weighted by Crippen LogP contribution is 2.25. The topological polar surface area (TPSA) is 87.3 Å². The Labute approximate surface area is 103 Å². The lowest BCUT2D eigenvalue weighted by atomic mass is 10.3. The van der Waals surface area contributed by atoms with E-state index in [2.05, 4.69) is 14.7 Å². The summed E-state index contributed by atoms with van der Waals surface area (Å²) in [6.45, 7) is 0. The quantitative estimate of drug-likeness (QED) is 0.827. The minimum Gasteiger partial charge on any atom is -0.465 e. The minimum atomic E-state index is -0.480. The van der Waals surface area contributed by atoms with Crippen LogP contribution in [-0.4, -0.2) is 23.0 Å². The van der Waals surface area contributed by atoms with Crippen molar-refractivity contribution in [2.75, 3.05) is 12.8 Å². The summed E-state index contributed by atoms with van der Waals surface area (Å²) in [5, 5.41) is 0. The van der Waals surface area contributed by atoms with E-state index < -0.39 is 5.97 Å². The van der Waals surface area contributed by atoms with Gasteiger partial charge in [0, 0.05) is 12.4 Å². The maximum absolute atomic E-state index is 11.3. The van der Waals surface area contributed by atoms with E-state index in [4.69, 9.17) is 10.5 Å². The van der Waals surface area contributed by atoms with Crippen LogP contribution in [0.25, 0.3) is 0 Å². The predicted molar refractivity (Wildman–Crippen MR) is 64.3 cm³/mol. The third-order valence-electron chi connectivity index (χ3n) is 2.16. The number of methoxy groups -OCH3 is 1. The fourth-order valence-electron chi connectivity index (χ4n) is 1.32. The fourth-order valence-corrected chi connectivity index (χ4v) is 1.32. The second-order valence-electron chi connectivity index (χ2n) is 3.39. The Kier molecular flexibility index (Phi) is 3.38. The SMILES string of the molecule is COC(=O)c1cncc(Oc2cccnc2N)c1. The number of nitrogens with two attached hydrogens (primary N) is 1. The standard InChI is InChI=1S/C12H11N3O3/c1-17-12(16)8-5-9(7-14-6-8)18-10-3-2-4-15-11(10)13/h2-7H,1H3,(H2,13,15). The second kappa shape index (κ2) is 5.13. The zero-order valence-corrected chi connectivity index (χ0v) is 9.66. The van der Waals surface area contributed by atoms with E-state index in [0.29, 0.717) is 17.1 Å². The van der Waals surface area contributed by atoms with E-state index in [1.165, 1.54) is 25.6 Å². The molecule has 92 valence electrons. The number of anilines is 1. The molecule has 0 radical (unpaired) electrons. The Hall–Kier alpha value is -2.63. The van der Waals surface area contributed by atoms with Crippen LogP contribution in [0.1, 0.15) is 10.4 Å². The average Bonchev–Trinajstić information content (AvgIpc) is 2.41. The molecule has 2 N–H and O–H groups in total. The molecule has 18 heavy (non-hydrogen) atoms. The molecule has 0 unspecified atom stereocenters. The number of carbonyl (C=O) groups excluding carboxylic acids is 1.